The second kappa shape index (κ2) is 13.1. The first-order valence-corrected chi connectivity index (χ1v) is 11.3. The molecule has 0 aliphatic heterocycles. The standard InChI is InChI=1S/C24H38F2O2/c1-3-4-18-28-22-16-15-21(23(25)24(22)26)20-13-11-19(12-14-20)10-8-6-5-7-9-17-27-2/h15-16,19-20H,3-14,17-18H2,1-2H3. The summed E-state index contributed by atoms with van der Waals surface area (Å²) in [7, 11) is 1.76. The van der Waals surface area contributed by atoms with Gasteiger partial charge in [0.25, 0.3) is 0 Å². The van der Waals surface area contributed by atoms with E-state index in [4.69, 9.17) is 9.47 Å². The van der Waals surface area contributed by atoms with Crippen molar-refractivity contribution in [2.75, 3.05) is 20.3 Å². The van der Waals surface area contributed by atoms with E-state index >= 15 is 0 Å². The number of halogens is 2. The van der Waals surface area contributed by atoms with Crippen LogP contribution in [-0.2, 0) is 4.74 Å². The lowest BCUT2D eigenvalue weighted by Gasteiger charge is -2.29. The summed E-state index contributed by atoms with van der Waals surface area (Å²) < 4.78 is 39.4. The first-order valence-electron chi connectivity index (χ1n) is 11.3. The smallest absolute Gasteiger partial charge is 0.200 e. The average Bonchev–Trinajstić information content (AvgIpc) is 2.71. The van der Waals surface area contributed by atoms with Gasteiger partial charge in [-0.1, -0.05) is 51.5 Å². The van der Waals surface area contributed by atoms with Gasteiger partial charge in [0.15, 0.2) is 11.6 Å². The molecule has 0 radical (unpaired) electrons. The van der Waals surface area contributed by atoms with Crippen LogP contribution in [0.2, 0.25) is 0 Å². The van der Waals surface area contributed by atoms with Crippen molar-refractivity contribution in [3.8, 4) is 5.75 Å². The molecule has 0 aromatic heterocycles. The molecular weight excluding hydrogens is 358 g/mol. The number of hydrogen-bond acceptors (Lipinski definition) is 2. The van der Waals surface area contributed by atoms with Crippen molar-refractivity contribution in [1.29, 1.82) is 0 Å². The Morgan fingerprint density at radius 1 is 0.857 bits per heavy atom. The molecule has 1 saturated carbocycles. The van der Waals surface area contributed by atoms with Crippen molar-refractivity contribution in [3.05, 3.63) is 29.3 Å². The van der Waals surface area contributed by atoms with Crippen LogP contribution in [0.25, 0.3) is 0 Å². The predicted octanol–water partition coefficient (Wildman–Crippen LogP) is 7.40. The van der Waals surface area contributed by atoms with Crippen LogP contribution in [0.5, 0.6) is 5.75 Å². The van der Waals surface area contributed by atoms with Crippen LogP contribution >= 0.6 is 0 Å². The van der Waals surface area contributed by atoms with E-state index in [0.29, 0.717) is 12.2 Å². The highest BCUT2D eigenvalue weighted by Crippen LogP contribution is 2.40. The van der Waals surface area contributed by atoms with Crippen molar-refractivity contribution in [1.82, 2.24) is 0 Å². The Bertz CT molecular complexity index is 554. The van der Waals surface area contributed by atoms with E-state index in [1.54, 1.807) is 19.2 Å². The predicted molar refractivity (Wildman–Crippen MR) is 111 cm³/mol. The van der Waals surface area contributed by atoms with Crippen LogP contribution in [0.1, 0.15) is 95.5 Å². The van der Waals surface area contributed by atoms with Gasteiger partial charge in [0.1, 0.15) is 0 Å². The van der Waals surface area contributed by atoms with Crippen molar-refractivity contribution in [2.24, 2.45) is 5.92 Å². The van der Waals surface area contributed by atoms with Gasteiger partial charge in [-0.3, -0.25) is 0 Å². The Balaban J connectivity index is 1.73. The zero-order valence-electron chi connectivity index (χ0n) is 17.8. The molecule has 0 amide bonds. The third kappa shape index (κ3) is 7.35. The summed E-state index contributed by atoms with van der Waals surface area (Å²) in [5, 5.41) is 0. The Morgan fingerprint density at radius 2 is 1.57 bits per heavy atom. The molecule has 2 rings (SSSR count). The van der Waals surface area contributed by atoms with E-state index < -0.39 is 11.6 Å². The third-order valence-electron chi connectivity index (χ3n) is 6.08. The molecule has 0 heterocycles. The highest BCUT2D eigenvalue weighted by molar-refractivity contribution is 5.33. The highest BCUT2D eigenvalue weighted by atomic mass is 19.2. The Kier molecular flexibility index (Phi) is 10.8. The lowest BCUT2D eigenvalue weighted by Crippen LogP contribution is -2.15. The number of rotatable bonds is 13. The molecule has 1 fully saturated rings. The first-order chi connectivity index (χ1) is 13.7. The third-order valence-corrected chi connectivity index (χ3v) is 6.08. The molecule has 28 heavy (non-hydrogen) atoms. The number of hydrogen-bond donors (Lipinski definition) is 0. The van der Waals surface area contributed by atoms with Crippen LogP contribution in [-0.4, -0.2) is 20.3 Å². The maximum atomic E-state index is 14.6. The van der Waals surface area contributed by atoms with E-state index in [9.17, 15) is 8.78 Å². The van der Waals surface area contributed by atoms with Crippen molar-refractivity contribution in [2.45, 2.75) is 89.9 Å². The van der Waals surface area contributed by atoms with Gasteiger partial charge < -0.3 is 9.47 Å². The molecule has 4 heteroatoms. The minimum atomic E-state index is -0.816. The number of methoxy groups -OCH3 is 1. The van der Waals surface area contributed by atoms with Gasteiger partial charge in [-0.15, -0.1) is 0 Å². The molecule has 0 spiro atoms. The van der Waals surface area contributed by atoms with E-state index in [-0.39, 0.29) is 11.7 Å². The second-order valence-corrected chi connectivity index (χ2v) is 8.25. The summed E-state index contributed by atoms with van der Waals surface area (Å²) in [5.74, 6) is -0.573. The molecule has 1 aliphatic carbocycles. The molecule has 1 aromatic rings. The number of ether oxygens (including phenoxy) is 2. The molecule has 0 unspecified atom stereocenters. The maximum Gasteiger partial charge on any atom is 0.200 e. The first kappa shape index (κ1) is 23.1. The van der Waals surface area contributed by atoms with Crippen LogP contribution in [0.4, 0.5) is 8.78 Å². The molecule has 0 saturated heterocycles. The minimum Gasteiger partial charge on any atom is -0.490 e. The zero-order chi connectivity index (χ0) is 20.2. The summed E-state index contributed by atoms with van der Waals surface area (Å²) in [6.07, 6.45) is 13.6. The van der Waals surface area contributed by atoms with E-state index in [0.717, 1.165) is 57.5 Å². The zero-order valence-corrected chi connectivity index (χ0v) is 17.8. The quantitative estimate of drug-likeness (QED) is 0.323. The van der Waals surface area contributed by atoms with Crippen LogP contribution in [0, 0.1) is 17.6 Å². The Morgan fingerprint density at radius 3 is 2.29 bits per heavy atom. The Hall–Kier alpha value is -1.16. The molecular formula is C24H38F2O2. The van der Waals surface area contributed by atoms with Crippen LogP contribution < -0.4 is 4.74 Å². The fourth-order valence-electron chi connectivity index (χ4n) is 4.27. The van der Waals surface area contributed by atoms with Gasteiger partial charge >= 0.3 is 0 Å². The van der Waals surface area contributed by atoms with Gasteiger partial charge in [0, 0.05) is 13.7 Å². The summed E-state index contributed by atoms with van der Waals surface area (Å²) in [4.78, 5) is 0. The highest BCUT2D eigenvalue weighted by Gasteiger charge is 2.26. The second-order valence-electron chi connectivity index (χ2n) is 8.25. The molecule has 0 atom stereocenters. The minimum absolute atomic E-state index is 0.0499. The maximum absolute atomic E-state index is 14.6. The molecule has 160 valence electrons. The fraction of sp³-hybridized carbons (Fsp3) is 0.750. The van der Waals surface area contributed by atoms with Gasteiger partial charge in [-0.2, -0.15) is 4.39 Å². The topological polar surface area (TPSA) is 18.5 Å². The van der Waals surface area contributed by atoms with Gasteiger partial charge in [0.2, 0.25) is 5.82 Å². The van der Waals surface area contributed by atoms with E-state index in [1.807, 2.05) is 6.92 Å². The van der Waals surface area contributed by atoms with Gasteiger partial charge in [-0.25, -0.2) is 4.39 Å². The largest absolute Gasteiger partial charge is 0.490 e. The molecule has 1 aromatic carbocycles. The monoisotopic (exact) mass is 396 g/mol. The van der Waals surface area contributed by atoms with E-state index in [2.05, 4.69) is 0 Å². The molecule has 1 aliphatic rings. The van der Waals surface area contributed by atoms with Crippen molar-refractivity contribution < 1.29 is 18.3 Å². The summed E-state index contributed by atoms with van der Waals surface area (Å²) in [6.45, 7) is 3.35. The summed E-state index contributed by atoms with van der Waals surface area (Å²) in [6, 6.07) is 3.35. The lowest BCUT2D eigenvalue weighted by atomic mass is 9.77. The van der Waals surface area contributed by atoms with Crippen molar-refractivity contribution >= 4 is 0 Å². The van der Waals surface area contributed by atoms with Gasteiger partial charge in [0.05, 0.1) is 6.61 Å². The lowest BCUT2D eigenvalue weighted by molar-refractivity contribution is 0.191. The van der Waals surface area contributed by atoms with Crippen LogP contribution in [0.15, 0.2) is 12.1 Å². The Labute approximate surface area is 170 Å². The fourth-order valence-corrected chi connectivity index (χ4v) is 4.27. The normalized spacial score (nSPS) is 19.7. The summed E-state index contributed by atoms with van der Waals surface area (Å²) in [5.41, 5.74) is 0.539. The number of benzene rings is 1. The van der Waals surface area contributed by atoms with Crippen LogP contribution in [0.3, 0.4) is 0 Å². The molecule has 0 N–H and O–H groups in total. The summed E-state index contributed by atoms with van der Waals surface area (Å²) >= 11 is 0. The SMILES string of the molecule is CCCCOc1ccc(C2CCC(CCCCCCCOC)CC2)c(F)c1F. The van der Waals surface area contributed by atoms with Gasteiger partial charge in [-0.05, 0) is 62.0 Å². The van der Waals surface area contributed by atoms with E-state index in [1.165, 1.54) is 32.1 Å². The average molecular weight is 397 g/mol. The van der Waals surface area contributed by atoms with Crippen molar-refractivity contribution in [3.63, 3.8) is 0 Å². The molecule has 2 nitrogen and oxygen atoms in total. The molecule has 0 bridgehead atoms. The number of unbranched alkanes of at least 4 members (excludes halogenated alkanes) is 5.